The predicted molar refractivity (Wildman–Crippen MR) is 68.9 cm³/mol. The van der Waals surface area contributed by atoms with Gasteiger partial charge < -0.3 is 20.6 Å². The average molecular weight is 291 g/mol. The fourth-order valence-electron chi connectivity index (χ4n) is 1.42. The summed E-state index contributed by atoms with van der Waals surface area (Å²) in [5.41, 5.74) is -0.895. The lowest BCUT2D eigenvalue weighted by Gasteiger charge is -2.28. The molecule has 0 atom stereocenters. The van der Waals surface area contributed by atoms with Crippen LogP contribution in [-0.2, 0) is 6.54 Å². The van der Waals surface area contributed by atoms with E-state index in [2.05, 4.69) is 5.32 Å². The summed E-state index contributed by atoms with van der Waals surface area (Å²) in [4.78, 5) is 10.1. The minimum absolute atomic E-state index is 0.0338. The monoisotopic (exact) mass is 290 g/mol. The van der Waals surface area contributed by atoms with Gasteiger partial charge in [-0.2, -0.15) is 0 Å². The Balaban J connectivity index is 2.83. The maximum absolute atomic E-state index is 10.7. The van der Waals surface area contributed by atoms with E-state index >= 15 is 0 Å². The minimum Gasteiger partial charge on any atom is -0.394 e. The molecule has 0 fully saturated rings. The van der Waals surface area contributed by atoms with Gasteiger partial charge in [0.25, 0.3) is 5.69 Å². The number of nitrogens with zero attached hydrogens (tertiary/aromatic N) is 1. The van der Waals surface area contributed by atoms with E-state index < -0.39 is 30.3 Å². The van der Waals surface area contributed by atoms with Crippen LogP contribution in [0, 0.1) is 10.1 Å². The highest BCUT2D eigenvalue weighted by molar-refractivity contribution is 6.32. The van der Waals surface area contributed by atoms with Crippen molar-refractivity contribution in [2.45, 2.75) is 12.1 Å². The summed E-state index contributed by atoms with van der Waals surface area (Å²) in [5, 5.41) is 40.9. The number of nitro groups is 1. The molecule has 0 heterocycles. The van der Waals surface area contributed by atoms with E-state index in [1.807, 2.05) is 0 Å². The fraction of sp³-hybridized carbons (Fsp3) is 0.455. The second-order valence-electron chi connectivity index (χ2n) is 4.15. The molecule has 0 aliphatic carbocycles. The van der Waals surface area contributed by atoms with Gasteiger partial charge in [0.15, 0.2) is 0 Å². The summed E-state index contributed by atoms with van der Waals surface area (Å²) in [6.07, 6.45) is 0. The number of hydrogen-bond donors (Lipinski definition) is 4. The van der Waals surface area contributed by atoms with Crippen LogP contribution in [0.15, 0.2) is 18.2 Å². The van der Waals surface area contributed by atoms with Crippen molar-refractivity contribution in [3.05, 3.63) is 38.9 Å². The number of nitro benzene ring substituents is 1. The maximum Gasteiger partial charge on any atom is 0.288 e. The summed E-state index contributed by atoms with van der Waals surface area (Å²) in [6.45, 7) is -1.25. The molecule has 106 valence electrons. The van der Waals surface area contributed by atoms with Crippen LogP contribution in [0.3, 0.4) is 0 Å². The molecule has 0 bridgehead atoms. The normalized spacial score (nSPS) is 11.6. The van der Waals surface area contributed by atoms with E-state index in [-0.39, 0.29) is 17.3 Å². The third-order valence-electron chi connectivity index (χ3n) is 2.78. The molecule has 1 aromatic carbocycles. The van der Waals surface area contributed by atoms with Gasteiger partial charge in [0, 0.05) is 12.6 Å². The molecule has 8 heteroatoms. The molecule has 19 heavy (non-hydrogen) atoms. The lowest BCUT2D eigenvalue weighted by molar-refractivity contribution is -0.384. The van der Waals surface area contributed by atoms with Gasteiger partial charge in [-0.05, 0) is 11.6 Å². The summed E-state index contributed by atoms with van der Waals surface area (Å²) in [7, 11) is 0. The molecule has 1 rings (SSSR count). The van der Waals surface area contributed by atoms with Crippen molar-refractivity contribution in [1.29, 1.82) is 0 Å². The second-order valence-corrected chi connectivity index (χ2v) is 4.56. The van der Waals surface area contributed by atoms with Crippen molar-refractivity contribution in [2.75, 3.05) is 19.8 Å². The molecule has 0 aliphatic heterocycles. The Morgan fingerprint density at radius 3 is 2.32 bits per heavy atom. The lowest BCUT2D eigenvalue weighted by atomic mass is 10.0. The number of benzene rings is 1. The highest BCUT2D eigenvalue weighted by atomic mass is 35.5. The molecular formula is C11H15ClN2O5. The van der Waals surface area contributed by atoms with Gasteiger partial charge in [0.05, 0.1) is 30.3 Å². The topological polar surface area (TPSA) is 116 Å². The molecule has 0 amide bonds. The number of halogens is 1. The third kappa shape index (κ3) is 3.85. The van der Waals surface area contributed by atoms with Gasteiger partial charge in [-0.25, -0.2) is 0 Å². The van der Waals surface area contributed by atoms with Gasteiger partial charge in [-0.3, -0.25) is 10.1 Å². The Labute approximate surface area is 114 Å². The van der Waals surface area contributed by atoms with E-state index in [0.29, 0.717) is 5.56 Å². The van der Waals surface area contributed by atoms with Crippen LogP contribution in [0.25, 0.3) is 0 Å². The van der Waals surface area contributed by atoms with Crippen LogP contribution in [-0.4, -0.2) is 45.6 Å². The first kappa shape index (κ1) is 15.8. The predicted octanol–water partition coefficient (Wildman–Crippen LogP) is 0.0535. The number of aliphatic hydroxyl groups is 3. The summed E-state index contributed by atoms with van der Waals surface area (Å²) in [6, 6.07) is 4.28. The number of hydrogen-bond acceptors (Lipinski definition) is 6. The maximum atomic E-state index is 10.7. The smallest absolute Gasteiger partial charge is 0.288 e. The summed E-state index contributed by atoms with van der Waals surface area (Å²) in [5.74, 6) is 0. The molecule has 0 spiro atoms. The molecule has 0 aromatic heterocycles. The Hall–Kier alpha value is -1.25. The summed E-state index contributed by atoms with van der Waals surface area (Å²) >= 11 is 5.68. The van der Waals surface area contributed by atoms with E-state index in [9.17, 15) is 10.1 Å². The third-order valence-corrected chi connectivity index (χ3v) is 3.10. The molecule has 1 aromatic rings. The molecule has 0 radical (unpaired) electrons. The molecule has 0 unspecified atom stereocenters. The minimum atomic E-state index is -1.23. The Bertz CT molecular complexity index is 442. The zero-order valence-corrected chi connectivity index (χ0v) is 10.8. The largest absolute Gasteiger partial charge is 0.394 e. The molecular weight excluding hydrogens is 276 g/mol. The van der Waals surface area contributed by atoms with Crippen LogP contribution in [0.4, 0.5) is 5.69 Å². The first-order valence-electron chi connectivity index (χ1n) is 5.48. The molecule has 0 saturated heterocycles. The first-order chi connectivity index (χ1) is 8.98. The lowest BCUT2D eigenvalue weighted by Crippen LogP contribution is -2.54. The van der Waals surface area contributed by atoms with Crippen LogP contribution in [0.5, 0.6) is 0 Å². The fourth-order valence-corrected chi connectivity index (χ4v) is 1.60. The SMILES string of the molecule is O=[N+]([O-])c1cc(CNC(CO)(CO)CO)ccc1Cl. The van der Waals surface area contributed by atoms with Crippen molar-refractivity contribution in [3.8, 4) is 0 Å². The highest BCUT2D eigenvalue weighted by Gasteiger charge is 2.27. The highest BCUT2D eigenvalue weighted by Crippen LogP contribution is 2.25. The number of nitrogens with one attached hydrogen (secondary N) is 1. The Morgan fingerprint density at radius 1 is 1.26 bits per heavy atom. The second kappa shape index (κ2) is 6.78. The van der Waals surface area contributed by atoms with Crippen LogP contribution >= 0.6 is 11.6 Å². The van der Waals surface area contributed by atoms with Crippen LogP contribution in [0.2, 0.25) is 5.02 Å². The van der Waals surface area contributed by atoms with E-state index in [1.165, 1.54) is 12.1 Å². The van der Waals surface area contributed by atoms with Crippen LogP contribution < -0.4 is 5.32 Å². The van der Waals surface area contributed by atoms with Crippen molar-refractivity contribution in [2.24, 2.45) is 0 Å². The van der Waals surface area contributed by atoms with Crippen LogP contribution in [0.1, 0.15) is 5.56 Å². The van der Waals surface area contributed by atoms with Crippen molar-refractivity contribution in [1.82, 2.24) is 5.32 Å². The first-order valence-corrected chi connectivity index (χ1v) is 5.86. The zero-order chi connectivity index (χ0) is 14.5. The number of rotatable bonds is 7. The van der Waals surface area contributed by atoms with E-state index in [0.717, 1.165) is 0 Å². The molecule has 7 nitrogen and oxygen atoms in total. The Kier molecular flexibility index (Phi) is 5.64. The van der Waals surface area contributed by atoms with Gasteiger partial charge >= 0.3 is 0 Å². The molecule has 4 N–H and O–H groups in total. The van der Waals surface area contributed by atoms with Crippen molar-refractivity contribution in [3.63, 3.8) is 0 Å². The average Bonchev–Trinajstić information content (AvgIpc) is 2.42. The zero-order valence-electron chi connectivity index (χ0n) is 10.0. The van der Waals surface area contributed by atoms with Gasteiger partial charge in [0.1, 0.15) is 5.02 Å². The summed E-state index contributed by atoms with van der Waals surface area (Å²) < 4.78 is 0. The van der Waals surface area contributed by atoms with Gasteiger partial charge in [0.2, 0.25) is 0 Å². The molecule has 0 saturated carbocycles. The van der Waals surface area contributed by atoms with Crippen molar-refractivity contribution >= 4 is 17.3 Å². The Morgan fingerprint density at radius 2 is 1.84 bits per heavy atom. The van der Waals surface area contributed by atoms with Gasteiger partial charge in [-0.1, -0.05) is 17.7 Å². The van der Waals surface area contributed by atoms with E-state index in [4.69, 9.17) is 26.9 Å². The quantitative estimate of drug-likeness (QED) is 0.417. The molecule has 0 aliphatic rings. The standard InChI is InChI=1S/C11H15ClN2O5/c12-9-2-1-8(3-10(9)14(18)19)4-13-11(5-15,6-16)7-17/h1-3,13,15-17H,4-7H2. The van der Waals surface area contributed by atoms with Gasteiger partial charge in [-0.15, -0.1) is 0 Å². The number of aliphatic hydroxyl groups excluding tert-OH is 3. The van der Waals surface area contributed by atoms with Crippen molar-refractivity contribution < 1.29 is 20.2 Å². The van der Waals surface area contributed by atoms with E-state index in [1.54, 1.807) is 6.07 Å².